The molecule has 228 valence electrons. The average molecular weight is 598 g/mol. The summed E-state index contributed by atoms with van der Waals surface area (Å²) in [6.45, 7) is 1.69. The number of benzene rings is 3. The van der Waals surface area contributed by atoms with Crippen LogP contribution in [-0.2, 0) is 25.6 Å². The number of para-hydroxylation sites is 1. The Kier molecular flexibility index (Phi) is 9.53. The lowest BCUT2D eigenvalue weighted by molar-refractivity contribution is -0.176. The number of fused-ring (bicyclic) bond motifs is 1. The topological polar surface area (TPSA) is 137 Å². The summed E-state index contributed by atoms with van der Waals surface area (Å²) in [5, 5.41) is 10.7. The molecular weight excluding hydrogens is 562 g/mol. The van der Waals surface area contributed by atoms with E-state index in [0.29, 0.717) is 36.4 Å². The van der Waals surface area contributed by atoms with Crippen molar-refractivity contribution in [3.8, 4) is 11.5 Å². The fourth-order valence-corrected chi connectivity index (χ4v) is 5.38. The fraction of sp³-hybridized carbons (Fsp3) is 0.303. The number of rotatable bonds is 9. The number of ketones is 1. The second-order valence-corrected chi connectivity index (χ2v) is 10.8. The Morgan fingerprint density at radius 2 is 1.55 bits per heavy atom. The molecule has 0 aromatic heterocycles. The summed E-state index contributed by atoms with van der Waals surface area (Å²) in [4.78, 5) is 65.7. The summed E-state index contributed by atoms with van der Waals surface area (Å²) in [7, 11) is 0. The second kappa shape index (κ2) is 13.9. The van der Waals surface area contributed by atoms with Crippen LogP contribution in [0.25, 0.3) is 0 Å². The average Bonchev–Trinajstić information content (AvgIpc) is 3.14. The van der Waals surface area contributed by atoms with Crippen LogP contribution in [0.1, 0.15) is 38.2 Å². The number of hydrogen-bond acceptors (Lipinski definition) is 6. The van der Waals surface area contributed by atoms with Gasteiger partial charge in [-0.15, -0.1) is 0 Å². The number of hydrogen-bond donors (Lipinski definition) is 3. The number of hydrazine groups is 1. The third-order valence-corrected chi connectivity index (χ3v) is 7.65. The fourth-order valence-electron chi connectivity index (χ4n) is 5.38. The van der Waals surface area contributed by atoms with Gasteiger partial charge in [0, 0.05) is 18.7 Å². The van der Waals surface area contributed by atoms with Crippen LogP contribution in [0.3, 0.4) is 0 Å². The van der Waals surface area contributed by atoms with E-state index in [9.17, 15) is 24.0 Å². The molecule has 0 spiro atoms. The highest BCUT2D eigenvalue weighted by atomic mass is 16.5. The first-order valence-electron chi connectivity index (χ1n) is 14.7. The molecule has 0 saturated carbocycles. The van der Waals surface area contributed by atoms with Crippen molar-refractivity contribution < 1.29 is 28.7 Å². The summed E-state index contributed by atoms with van der Waals surface area (Å²) in [5.74, 6) is -0.329. The Labute approximate surface area is 255 Å². The molecular formula is C33H35N5O6. The van der Waals surface area contributed by atoms with Gasteiger partial charge in [0.1, 0.15) is 23.6 Å². The molecule has 2 heterocycles. The van der Waals surface area contributed by atoms with Crippen LogP contribution in [0.4, 0.5) is 10.5 Å². The molecule has 2 aliphatic rings. The zero-order valence-corrected chi connectivity index (χ0v) is 24.4. The highest BCUT2D eigenvalue weighted by Crippen LogP contribution is 2.26. The third kappa shape index (κ3) is 7.41. The normalized spacial score (nSPS) is 18.8. The van der Waals surface area contributed by atoms with Crippen molar-refractivity contribution in [1.29, 1.82) is 0 Å². The van der Waals surface area contributed by atoms with E-state index in [1.165, 1.54) is 16.9 Å². The molecule has 3 N–H and O–H groups in total. The van der Waals surface area contributed by atoms with Gasteiger partial charge in [0.05, 0.1) is 6.04 Å². The standard InChI is InChI=1S/C33H35N5O6/c1-22(39)28(21-23-9-4-2-5-10-23)35-31(41)29-13-8-20-37-30(40)19-18-27(32(42)38(29)37)36-33(43)34-24-14-16-26(17-15-24)44-25-11-6-3-7-12-25/h2-7,9-12,14-17,27-29H,8,13,18-21H2,1H3,(H,35,41)(H2,34,36,43)/t27-,28-,29-/m0/s1. The highest BCUT2D eigenvalue weighted by molar-refractivity contribution is 5.98. The molecule has 0 radical (unpaired) electrons. The maximum Gasteiger partial charge on any atom is 0.319 e. The number of nitrogens with zero attached hydrogens (tertiary/aromatic N) is 2. The quantitative estimate of drug-likeness (QED) is 0.343. The van der Waals surface area contributed by atoms with Crippen molar-refractivity contribution in [1.82, 2.24) is 20.7 Å². The number of Topliss-reactive ketones (excluding diaryl/α,β-unsaturated/α-hetero) is 1. The van der Waals surface area contributed by atoms with Crippen molar-refractivity contribution in [2.45, 2.75) is 57.2 Å². The minimum atomic E-state index is -1.04. The second-order valence-electron chi connectivity index (χ2n) is 10.8. The molecule has 3 aromatic carbocycles. The molecule has 5 amide bonds. The molecule has 0 unspecified atom stereocenters. The van der Waals surface area contributed by atoms with Crippen molar-refractivity contribution in [2.24, 2.45) is 0 Å². The van der Waals surface area contributed by atoms with Crippen molar-refractivity contribution in [3.05, 3.63) is 90.5 Å². The van der Waals surface area contributed by atoms with Crippen molar-refractivity contribution >= 4 is 35.2 Å². The number of urea groups is 1. The maximum atomic E-state index is 13.8. The van der Waals surface area contributed by atoms with Gasteiger partial charge in [-0.3, -0.25) is 24.2 Å². The zero-order chi connectivity index (χ0) is 31.1. The Balaban J connectivity index is 1.24. The van der Waals surface area contributed by atoms with Crippen LogP contribution >= 0.6 is 0 Å². The lowest BCUT2D eigenvalue weighted by Crippen LogP contribution is -2.64. The number of nitrogens with one attached hydrogen (secondary N) is 3. The number of amides is 5. The summed E-state index contributed by atoms with van der Waals surface area (Å²) in [6.07, 6.45) is 1.24. The molecule has 5 rings (SSSR count). The first-order chi connectivity index (χ1) is 21.3. The molecule has 3 aromatic rings. The number of carbonyl (C=O) groups is 5. The molecule has 11 nitrogen and oxygen atoms in total. The zero-order valence-electron chi connectivity index (χ0n) is 24.4. The van der Waals surface area contributed by atoms with Gasteiger partial charge in [-0.05, 0) is 74.6 Å². The molecule has 2 fully saturated rings. The molecule has 2 saturated heterocycles. The van der Waals surface area contributed by atoms with E-state index in [0.717, 1.165) is 5.56 Å². The first-order valence-corrected chi connectivity index (χ1v) is 14.7. The van der Waals surface area contributed by atoms with Gasteiger partial charge in [-0.2, -0.15) is 0 Å². The van der Waals surface area contributed by atoms with Gasteiger partial charge in [0.25, 0.3) is 5.91 Å². The summed E-state index contributed by atoms with van der Waals surface area (Å²) >= 11 is 0. The van der Waals surface area contributed by atoms with Crippen LogP contribution in [-0.4, -0.2) is 64.2 Å². The van der Waals surface area contributed by atoms with Crippen molar-refractivity contribution in [3.63, 3.8) is 0 Å². The van der Waals surface area contributed by atoms with E-state index in [-0.39, 0.29) is 31.1 Å². The number of ether oxygens (including phenoxy) is 1. The van der Waals surface area contributed by atoms with E-state index in [1.54, 1.807) is 24.3 Å². The molecule has 3 atom stereocenters. The van der Waals surface area contributed by atoms with Crippen molar-refractivity contribution in [2.75, 3.05) is 11.9 Å². The SMILES string of the molecule is CC(=O)[C@H](Cc1ccccc1)NC(=O)[C@@H]1CCCN2C(=O)CC[C@H](NC(=O)Nc3ccc(Oc4ccccc4)cc3)C(=O)N12. The van der Waals surface area contributed by atoms with E-state index >= 15 is 0 Å². The van der Waals surface area contributed by atoms with Crippen LogP contribution in [0.2, 0.25) is 0 Å². The van der Waals surface area contributed by atoms with Crippen LogP contribution in [0.5, 0.6) is 11.5 Å². The van der Waals surface area contributed by atoms with Gasteiger partial charge in [0.2, 0.25) is 11.8 Å². The molecule has 11 heteroatoms. The van der Waals surface area contributed by atoms with E-state index in [4.69, 9.17) is 4.74 Å². The van der Waals surface area contributed by atoms with Gasteiger partial charge >= 0.3 is 6.03 Å². The van der Waals surface area contributed by atoms with Crippen LogP contribution in [0.15, 0.2) is 84.9 Å². The lowest BCUT2D eigenvalue weighted by Gasteiger charge is -2.43. The largest absolute Gasteiger partial charge is 0.457 e. The monoisotopic (exact) mass is 597 g/mol. The van der Waals surface area contributed by atoms with Gasteiger partial charge < -0.3 is 20.7 Å². The predicted molar refractivity (Wildman–Crippen MR) is 162 cm³/mol. The summed E-state index contributed by atoms with van der Waals surface area (Å²) in [6, 6.07) is 21.9. The smallest absolute Gasteiger partial charge is 0.319 e. The summed E-state index contributed by atoms with van der Waals surface area (Å²) < 4.78 is 5.78. The maximum absolute atomic E-state index is 13.8. The predicted octanol–water partition coefficient (Wildman–Crippen LogP) is 3.81. The molecule has 0 aliphatic carbocycles. The third-order valence-electron chi connectivity index (χ3n) is 7.65. The minimum Gasteiger partial charge on any atom is -0.457 e. The molecule has 2 aliphatic heterocycles. The highest BCUT2D eigenvalue weighted by Gasteiger charge is 2.45. The number of anilines is 1. The minimum absolute atomic E-state index is 0.0249. The van der Waals surface area contributed by atoms with Gasteiger partial charge in [-0.25, -0.2) is 9.80 Å². The Hall–Kier alpha value is -5.19. The van der Waals surface area contributed by atoms with E-state index in [2.05, 4.69) is 16.0 Å². The van der Waals surface area contributed by atoms with Gasteiger partial charge in [0.15, 0.2) is 5.78 Å². The Bertz CT molecular complexity index is 1500. The van der Waals surface area contributed by atoms with Crippen LogP contribution in [0, 0.1) is 0 Å². The van der Waals surface area contributed by atoms with E-state index < -0.39 is 36.0 Å². The summed E-state index contributed by atoms with van der Waals surface area (Å²) in [5.41, 5.74) is 1.36. The Morgan fingerprint density at radius 3 is 2.23 bits per heavy atom. The van der Waals surface area contributed by atoms with Gasteiger partial charge in [-0.1, -0.05) is 48.5 Å². The number of carbonyl (C=O) groups excluding carboxylic acids is 5. The van der Waals surface area contributed by atoms with E-state index in [1.807, 2.05) is 60.7 Å². The Morgan fingerprint density at radius 1 is 0.886 bits per heavy atom. The lowest BCUT2D eigenvalue weighted by atomic mass is 10.0. The molecule has 44 heavy (non-hydrogen) atoms. The molecule has 0 bridgehead atoms. The van der Waals surface area contributed by atoms with Crippen LogP contribution < -0.4 is 20.7 Å². The first kappa shape index (κ1) is 30.3.